The third-order valence-corrected chi connectivity index (χ3v) is 6.20. The Balaban J connectivity index is 1.44. The van der Waals surface area contributed by atoms with Crippen molar-refractivity contribution in [2.75, 3.05) is 18.4 Å². The first-order valence-corrected chi connectivity index (χ1v) is 10.6. The van der Waals surface area contributed by atoms with E-state index in [-0.39, 0.29) is 28.3 Å². The van der Waals surface area contributed by atoms with Crippen LogP contribution in [0.15, 0.2) is 48.5 Å². The van der Waals surface area contributed by atoms with Gasteiger partial charge in [0.2, 0.25) is 5.01 Å². The van der Waals surface area contributed by atoms with E-state index in [2.05, 4.69) is 15.5 Å². The number of likely N-dealkylation sites (tertiary alicyclic amines) is 1. The first kappa shape index (κ1) is 20.4. The number of amides is 2. The first-order chi connectivity index (χ1) is 14.5. The van der Waals surface area contributed by atoms with Crippen LogP contribution in [0.5, 0.6) is 0 Å². The van der Waals surface area contributed by atoms with Gasteiger partial charge >= 0.3 is 0 Å². The van der Waals surface area contributed by atoms with Gasteiger partial charge in [-0.25, -0.2) is 4.39 Å². The zero-order valence-corrected chi connectivity index (χ0v) is 17.4. The third kappa shape index (κ3) is 4.49. The minimum Gasteiger partial charge on any atom is -0.338 e. The maximum Gasteiger partial charge on any atom is 0.286 e. The van der Waals surface area contributed by atoms with Crippen molar-refractivity contribution in [2.24, 2.45) is 0 Å². The molecule has 1 aliphatic rings. The van der Waals surface area contributed by atoms with Gasteiger partial charge < -0.3 is 10.2 Å². The number of hydrogen-bond acceptors (Lipinski definition) is 5. The highest BCUT2D eigenvalue weighted by Gasteiger charge is 2.29. The maximum absolute atomic E-state index is 14.0. The van der Waals surface area contributed by atoms with E-state index in [1.165, 1.54) is 23.5 Å². The maximum atomic E-state index is 14.0. The molecule has 0 spiro atoms. The fourth-order valence-electron chi connectivity index (χ4n) is 3.41. The Kier molecular flexibility index (Phi) is 6.06. The van der Waals surface area contributed by atoms with E-state index < -0.39 is 5.82 Å². The van der Waals surface area contributed by atoms with E-state index in [4.69, 9.17) is 11.6 Å². The monoisotopic (exact) mass is 444 g/mol. The predicted molar refractivity (Wildman–Crippen MR) is 114 cm³/mol. The van der Waals surface area contributed by atoms with Crippen molar-refractivity contribution in [3.63, 3.8) is 0 Å². The van der Waals surface area contributed by atoms with Crippen molar-refractivity contribution >= 4 is 40.4 Å². The molecular formula is C21H18ClFN4O2S. The molecule has 4 rings (SSSR count). The fraction of sp³-hybridized carbons (Fsp3) is 0.238. The van der Waals surface area contributed by atoms with Crippen molar-refractivity contribution < 1.29 is 14.0 Å². The van der Waals surface area contributed by atoms with Gasteiger partial charge in [0.05, 0.1) is 5.56 Å². The zero-order chi connectivity index (χ0) is 21.1. The Morgan fingerprint density at radius 1 is 1.17 bits per heavy atom. The Hall–Kier alpha value is -2.84. The molecule has 2 aromatic carbocycles. The molecule has 1 saturated heterocycles. The molecule has 2 amide bonds. The molecule has 6 nitrogen and oxygen atoms in total. The first-order valence-electron chi connectivity index (χ1n) is 9.45. The van der Waals surface area contributed by atoms with Crippen molar-refractivity contribution in [1.82, 2.24) is 15.1 Å². The predicted octanol–water partition coefficient (Wildman–Crippen LogP) is 4.60. The Labute approximate surface area is 181 Å². The highest BCUT2D eigenvalue weighted by molar-refractivity contribution is 7.13. The van der Waals surface area contributed by atoms with E-state index in [0.717, 1.165) is 12.8 Å². The number of carbonyl (C=O) groups is 2. The van der Waals surface area contributed by atoms with Crippen molar-refractivity contribution in [3.8, 4) is 0 Å². The summed E-state index contributed by atoms with van der Waals surface area (Å²) in [5, 5.41) is 12.4. The summed E-state index contributed by atoms with van der Waals surface area (Å²) < 4.78 is 14.0. The van der Waals surface area contributed by atoms with E-state index in [1.807, 2.05) is 0 Å². The highest BCUT2D eigenvalue weighted by Crippen LogP contribution is 2.30. The average molecular weight is 445 g/mol. The summed E-state index contributed by atoms with van der Waals surface area (Å²) in [7, 11) is 0. The molecule has 3 aromatic rings. The molecule has 9 heteroatoms. The van der Waals surface area contributed by atoms with Gasteiger partial charge in [0.15, 0.2) is 0 Å². The molecule has 0 radical (unpaired) electrons. The SMILES string of the molecule is O=C(Nc1cccc(Cl)c1)c1nnc(C2CCCN(C(=O)c3ccccc3F)C2)s1. The second-order valence-electron chi connectivity index (χ2n) is 6.98. The van der Waals surface area contributed by atoms with Crippen LogP contribution in [-0.4, -0.2) is 40.0 Å². The number of hydrogen-bond donors (Lipinski definition) is 1. The van der Waals surface area contributed by atoms with E-state index >= 15 is 0 Å². The standard InChI is InChI=1S/C21H18ClFN4O2S/c22-14-6-3-7-15(11-14)24-18(28)20-26-25-19(30-20)13-5-4-10-27(12-13)21(29)16-8-1-2-9-17(16)23/h1-3,6-9,11,13H,4-5,10,12H2,(H,24,28). The molecule has 1 fully saturated rings. The molecule has 0 aliphatic carbocycles. The number of nitrogens with zero attached hydrogens (tertiary/aromatic N) is 3. The molecule has 0 saturated carbocycles. The van der Waals surface area contributed by atoms with Gasteiger partial charge in [-0.1, -0.05) is 41.1 Å². The fourth-order valence-corrected chi connectivity index (χ4v) is 4.46. The number of nitrogens with one attached hydrogen (secondary N) is 1. The topological polar surface area (TPSA) is 75.2 Å². The van der Waals surface area contributed by atoms with Crippen LogP contribution < -0.4 is 5.32 Å². The van der Waals surface area contributed by atoms with Gasteiger partial charge in [-0.15, -0.1) is 10.2 Å². The van der Waals surface area contributed by atoms with Gasteiger partial charge in [0, 0.05) is 29.7 Å². The summed E-state index contributed by atoms with van der Waals surface area (Å²) in [5.41, 5.74) is 0.639. The molecule has 0 bridgehead atoms. The number of carbonyl (C=O) groups excluding carboxylic acids is 2. The van der Waals surface area contributed by atoms with E-state index in [0.29, 0.717) is 28.8 Å². The molecule has 154 valence electrons. The number of halogens is 2. The molecular weight excluding hydrogens is 427 g/mol. The van der Waals surface area contributed by atoms with Gasteiger partial charge in [0.25, 0.3) is 11.8 Å². The van der Waals surface area contributed by atoms with Gasteiger partial charge in [0.1, 0.15) is 10.8 Å². The minimum absolute atomic E-state index is 0.0420. The summed E-state index contributed by atoms with van der Waals surface area (Å²) in [6, 6.07) is 12.8. The van der Waals surface area contributed by atoms with Gasteiger partial charge in [-0.2, -0.15) is 0 Å². The molecule has 1 atom stereocenters. The Morgan fingerprint density at radius 2 is 2.00 bits per heavy atom. The van der Waals surface area contributed by atoms with E-state index in [1.54, 1.807) is 41.3 Å². The van der Waals surface area contributed by atoms with E-state index in [9.17, 15) is 14.0 Å². The molecule has 30 heavy (non-hydrogen) atoms. The Morgan fingerprint density at radius 3 is 2.80 bits per heavy atom. The molecule has 1 aliphatic heterocycles. The lowest BCUT2D eigenvalue weighted by Crippen LogP contribution is -2.39. The van der Waals surface area contributed by atoms with Crippen LogP contribution in [0.4, 0.5) is 10.1 Å². The summed E-state index contributed by atoms with van der Waals surface area (Å²) in [6.07, 6.45) is 1.60. The molecule has 2 heterocycles. The summed E-state index contributed by atoms with van der Waals surface area (Å²) >= 11 is 7.15. The van der Waals surface area contributed by atoms with Crippen LogP contribution >= 0.6 is 22.9 Å². The van der Waals surface area contributed by atoms with Crippen LogP contribution in [0.25, 0.3) is 0 Å². The van der Waals surface area contributed by atoms with Crippen LogP contribution in [0.3, 0.4) is 0 Å². The van der Waals surface area contributed by atoms with Gasteiger partial charge in [-0.3, -0.25) is 9.59 Å². The summed E-state index contributed by atoms with van der Waals surface area (Å²) in [4.78, 5) is 26.8. The zero-order valence-electron chi connectivity index (χ0n) is 15.8. The van der Waals surface area contributed by atoms with Crippen LogP contribution in [0.1, 0.15) is 43.9 Å². The Bertz CT molecular complexity index is 1090. The largest absolute Gasteiger partial charge is 0.338 e. The third-order valence-electron chi connectivity index (χ3n) is 4.88. The summed E-state index contributed by atoms with van der Waals surface area (Å²) in [5.74, 6) is -1.27. The molecule has 1 unspecified atom stereocenters. The van der Waals surface area contributed by atoms with Crippen LogP contribution in [0, 0.1) is 5.82 Å². The number of benzene rings is 2. The quantitative estimate of drug-likeness (QED) is 0.638. The highest BCUT2D eigenvalue weighted by atomic mass is 35.5. The van der Waals surface area contributed by atoms with Crippen molar-refractivity contribution in [3.05, 3.63) is 74.9 Å². The minimum atomic E-state index is -0.527. The molecule has 1 N–H and O–H groups in total. The number of rotatable bonds is 4. The number of aromatic nitrogens is 2. The lowest BCUT2D eigenvalue weighted by atomic mass is 9.98. The second kappa shape index (κ2) is 8.89. The van der Waals surface area contributed by atoms with Crippen molar-refractivity contribution in [2.45, 2.75) is 18.8 Å². The van der Waals surface area contributed by atoms with Crippen molar-refractivity contribution in [1.29, 1.82) is 0 Å². The average Bonchev–Trinajstić information content (AvgIpc) is 3.24. The second-order valence-corrected chi connectivity index (χ2v) is 8.43. The number of piperidine rings is 1. The molecule has 1 aromatic heterocycles. The van der Waals surface area contributed by atoms with Gasteiger partial charge in [-0.05, 0) is 43.2 Å². The van der Waals surface area contributed by atoms with Crippen LogP contribution in [-0.2, 0) is 0 Å². The smallest absolute Gasteiger partial charge is 0.286 e. The summed E-state index contributed by atoms with van der Waals surface area (Å²) in [6.45, 7) is 0.974. The van der Waals surface area contributed by atoms with Crippen LogP contribution in [0.2, 0.25) is 5.02 Å². The lowest BCUT2D eigenvalue weighted by Gasteiger charge is -2.31. The normalized spacial score (nSPS) is 16.3. The number of anilines is 1. The lowest BCUT2D eigenvalue weighted by molar-refractivity contribution is 0.0702.